The second-order valence-corrected chi connectivity index (χ2v) is 5.92. The fourth-order valence-corrected chi connectivity index (χ4v) is 3.06. The van der Waals surface area contributed by atoms with Gasteiger partial charge in [0.05, 0.1) is 10.7 Å². The lowest BCUT2D eigenvalue weighted by molar-refractivity contribution is 0.0691. The Labute approximate surface area is 130 Å². The fraction of sp³-hybridized carbons (Fsp3) is 0.0667. The highest BCUT2D eigenvalue weighted by atomic mass is 35.5. The third-order valence-electron chi connectivity index (χ3n) is 3.01. The molecule has 0 fully saturated rings. The minimum Gasteiger partial charge on any atom is -0.477 e. The number of hydrogen-bond acceptors (Lipinski definition) is 3. The quantitative estimate of drug-likeness (QED) is 0.761. The van der Waals surface area contributed by atoms with E-state index in [0.717, 1.165) is 21.8 Å². The van der Waals surface area contributed by atoms with Gasteiger partial charge >= 0.3 is 5.97 Å². The number of thiazole rings is 1. The minimum absolute atomic E-state index is 0.161. The van der Waals surface area contributed by atoms with Crippen molar-refractivity contribution < 1.29 is 9.90 Å². The maximum atomic E-state index is 10.9. The van der Waals surface area contributed by atoms with E-state index < -0.39 is 5.97 Å². The molecule has 0 saturated heterocycles. The number of aromatic amines is 1. The number of nitrogens with zero attached hydrogens (tertiary/aromatic N) is 1. The van der Waals surface area contributed by atoms with Crippen molar-refractivity contribution >= 4 is 28.9 Å². The molecule has 0 radical (unpaired) electrons. The smallest absolute Gasteiger partial charge is 0.352 e. The normalized spacial score (nSPS) is 10.7. The summed E-state index contributed by atoms with van der Waals surface area (Å²) in [4.78, 5) is 18.1. The van der Waals surface area contributed by atoms with Gasteiger partial charge in [-0.1, -0.05) is 23.7 Å². The van der Waals surface area contributed by atoms with E-state index in [4.69, 9.17) is 16.7 Å². The van der Waals surface area contributed by atoms with Crippen molar-refractivity contribution in [3.8, 4) is 11.3 Å². The molecule has 0 aliphatic carbocycles. The first-order chi connectivity index (χ1) is 10.1. The summed E-state index contributed by atoms with van der Waals surface area (Å²) in [5, 5.41) is 12.5. The van der Waals surface area contributed by atoms with Crippen LogP contribution in [0.1, 0.15) is 21.1 Å². The summed E-state index contributed by atoms with van der Waals surface area (Å²) in [6, 6.07) is 9.26. The molecule has 1 aromatic carbocycles. The second kappa shape index (κ2) is 5.71. The molecule has 21 heavy (non-hydrogen) atoms. The molecule has 0 bridgehead atoms. The molecule has 6 heteroatoms. The molecular formula is C15H11ClN2O2S. The molecule has 2 aromatic heterocycles. The minimum atomic E-state index is -0.976. The van der Waals surface area contributed by atoms with Crippen LogP contribution in [0.4, 0.5) is 0 Å². The highest BCUT2D eigenvalue weighted by Crippen LogP contribution is 2.24. The summed E-state index contributed by atoms with van der Waals surface area (Å²) in [5.41, 5.74) is 2.82. The lowest BCUT2D eigenvalue weighted by atomic mass is 10.1. The molecule has 0 spiro atoms. The Morgan fingerprint density at radius 3 is 2.95 bits per heavy atom. The van der Waals surface area contributed by atoms with Crippen LogP contribution in [0.25, 0.3) is 11.3 Å². The Hall–Kier alpha value is -2.11. The molecule has 0 amide bonds. The van der Waals surface area contributed by atoms with Gasteiger partial charge in [0.1, 0.15) is 5.69 Å². The number of hydrogen-bond donors (Lipinski definition) is 2. The van der Waals surface area contributed by atoms with Gasteiger partial charge in [-0.2, -0.15) is 0 Å². The van der Waals surface area contributed by atoms with E-state index in [2.05, 4.69) is 9.97 Å². The van der Waals surface area contributed by atoms with Crippen molar-refractivity contribution in [2.24, 2.45) is 0 Å². The Balaban J connectivity index is 1.81. The third-order valence-corrected chi connectivity index (χ3v) is 4.09. The molecule has 0 atom stereocenters. The van der Waals surface area contributed by atoms with Gasteiger partial charge in [0.2, 0.25) is 0 Å². The second-order valence-electron chi connectivity index (χ2n) is 4.54. The van der Waals surface area contributed by atoms with Crippen LogP contribution in [0.3, 0.4) is 0 Å². The number of nitrogens with one attached hydrogen (secondary N) is 1. The van der Waals surface area contributed by atoms with Gasteiger partial charge in [-0.15, -0.1) is 11.3 Å². The molecule has 3 rings (SSSR count). The SMILES string of the molecule is O=C(O)c1cc(-c2csc(Cc3cccc(Cl)c3)n2)c[nH]1. The van der Waals surface area contributed by atoms with Gasteiger partial charge in [0.25, 0.3) is 0 Å². The monoisotopic (exact) mass is 318 g/mol. The number of H-pyrrole nitrogens is 1. The predicted molar refractivity (Wildman–Crippen MR) is 83.1 cm³/mol. The zero-order valence-electron chi connectivity index (χ0n) is 10.8. The molecule has 106 valence electrons. The van der Waals surface area contributed by atoms with E-state index in [1.54, 1.807) is 23.6 Å². The Kier molecular flexibility index (Phi) is 3.77. The summed E-state index contributed by atoms with van der Waals surface area (Å²) in [5.74, 6) is -0.976. The van der Waals surface area contributed by atoms with Gasteiger partial charge < -0.3 is 10.1 Å². The first kappa shape index (κ1) is 13.9. The van der Waals surface area contributed by atoms with Crippen LogP contribution in [0, 0.1) is 0 Å². The van der Waals surface area contributed by atoms with Gasteiger partial charge in [-0.3, -0.25) is 0 Å². The van der Waals surface area contributed by atoms with Gasteiger partial charge in [-0.25, -0.2) is 9.78 Å². The highest BCUT2D eigenvalue weighted by molar-refractivity contribution is 7.10. The maximum Gasteiger partial charge on any atom is 0.352 e. The van der Waals surface area contributed by atoms with E-state index in [1.807, 2.05) is 29.6 Å². The molecule has 0 saturated carbocycles. The summed E-state index contributed by atoms with van der Waals surface area (Å²) in [6.07, 6.45) is 2.36. The van der Waals surface area contributed by atoms with Crippen molar-refractivity contribution in [1.29, 1.82) is 0 Å². The molecule has 3 aromatic rings. The number of aromatic nitrogens is 2. The average Bonchev–Trinajstić information content (AvgIpc) is 3.06. The van der Waals surface area contributed by atoms with E-state index in [9.17, 15) is 4.79 Å². The maximum absolute atomic E-state index is 10.9. The number of benzene rings is 1. The van der Waals surface area contributed by atoms with Crippen molar-refractivity contribution in [3.63, 3.8) is 0 Å². The molecule has 0 unspecified atom stereocenters. The van der Waals surface area contributed by atoms with Crippen LogP contribution in [-0.2, 0) is 6.42 Å². The number of carbonyl (C=O) groups is 1. The Morgan fingerprint density at radius 1 is 1.38 bits per heavy atom. The highest BCUT2D eigenvalue weighted by Gasteiger charge is 2.10. The van der Waals surface area contributed by atoms with Crippen LogP contribution in [0.5, 0.6) is 0 Å². The van der Waals surface area contributed by atoms with E-state index in [-0.39, 0.29) is 5.69 Å². The summed E-state index contributed by atoms with van der Waals surface area (Å²) in [6.45, 7) is 0. The zero-order chi connectivity index (χ0) is 14.8. The van der Waals surface area contributed by atoms with Crippen molar-refractivity contribution in [2.75, 3.05) is 0 Å². The topological polar surface area (TPSA) is 66.0 Å². The van der Waals surface area contributed by atoms with Gasteiger partial charge in [0, 0.05) is 28.6 Å². The van der Waals surface area contributed by atoms with Crippen LogP contribution >= 0.6 is 22.9 Å². The first-order valence-corrected chi connectivity index (χ1v) is 7.48. The van der Waals surface area contributed by atoms with E-state index in [0.29, 0.717) is 11.4 Å². The van der Waals surface area contributed by atoms with Crippen LogP contribution < -0.4 is 0 Å². The zero-order valence-corrected chi connectivity index (χ0v) is 12.4. The lowest BCUT2D eigenvalue weighted by Crippen LogP contribution is -1.94. The fourth-order valence-electron chi connectivity index (χ4n) is 2.01. The summed E-state index contributed by atoms with van der Waals surface area (Å²) in [7, 11) is 0. The predicted octanol–water partition coefficient (Wildman–Crippen LogP) is 4.08. The van der Waals surface area contributed by atoms with Crippen molar-refractivity contribution in [1.82, 2.24) is 9.97 Å². The number of carboxylic acid groups (broad SMARTS) is 1. The molecule has 0 aliphatic rings. The molecule has 2 heterocycles. The van der Waals surface area contributed by atoms with Crippen LogP contribution in [0.2, 0.25) is 5.02 Å². The molecule has 2 N–H and O–H groups in total. The van der Waals surface area contributed by atoms with Crippen molar-refractivity contribution in [2.45, 2.75) is 6.42 Å². The van der Waals surface area contributed by atoms with Gasteiger partial charge in [0.15, 0.2) is 0 Å². The number of rotatable bonds is 4. The van der Waals surface area contributed by atoms with Crippen LogP contribution in [0.15, 0.2) is 41.9 Å². The molecule has 4 nitrogen and oxygen atoms in total. The van der Waals surface area contributed by atoms with E-state index in [1.165, 1.54) is 0 Å². The van der Waals surface area contributed by atoms with Crippen LogP contribution in [-0.4, -0.2) is 21.0 Å². The molecular weight excluding hydrogens is 308 g/mol. The average molecular weight is 319 g/mol. The molecule has 0 aliphatic heterocycles. The number of halogens is 1. The Bertz CT molecular complexity index is 794. The van der Waals surface area contributed by atoms with Gasteiger partial charge in [-0.05, 0) is 23.8 Å². The number of carboxylic acids is 1. The summed E-state index contributed by atoms with van der Waals surface area (Å²) >= 11 is 7.52. The lowest BCUT2D eigenvalue weighted by Gasteiger charge is -1.98. The third kappa shape index (κ3) is 3.15. The summed E-state index contributed by atoms with van der Waals surface area (Å²) < 4.78 is 0. The van der Waals surface area contributed by atoms with Crippen molar-refractivity contribution in [3.05, 3.63) is 63.2 Å². The largest absolute Gasteiger partial charge is 0.477 e. The van der Waals surface area contributed by atoms with E-state index >= 15 is 0 Å². The standard InChI is InChI=1S/C15H11ClN2O2S/c16-11-3-1-2-9(4-11)5-14-18-13(8-21-14)10-6-12(15(19)20)17-7-10/h1-4,6-8,17H,5H2,(H,19,20). The number of aromatic carboxylic acids is 1. The first-order valence-electron chi connectivity index (χ1n) is 6.23. The Morgan fingerprint density at radius 2 is 2.24 bits per heavy atom.